The number of hydrogen-bond donors (Lipinski definition) is 0. The van der Waals surface area contributed by atoms with Gasteiger partial charge in [0.1, 0.15) is 5.82 Å². The second-order valence-electron chi connectivity index (χ2n) is 6.37. The van der Waals surface area contributed by atoms with Crippen LogP contribution in [0.2, 0.25) is 0 Å². The van der Waals surface area contributed by atoms with Crippen molar-refractivity contribution in [1.29, 1.82) is 0 Å². The van der Waals surface area contributed by atoms with Crippen LogP contribution in [-0.4, -0.2) is 44.6 Å². The number of carbonyl (C=O) groups excluding carboxylic acids is 1. The normalized spacial score (nSPS) is 16.9. The van der Waals surface area contributed by atoms with Crippen LogP contribution in [0.25, 0.3) is 0 Å². The molecule has 6 heteroatoms. The van der Waals surface area contributed by atoms with Gasteiger partial charge in [-0.15, -0.1) is 0 Å². The third-order valence-electron chi connectivity index (χ3n) is 4.56. The Balaban J connectivity index is 1.63. The van der Waals surface area contributed by atoms with E-state index < -0.39 is 0 Å². The first-order valence-electron chi connectivity index (χ1n) is 9.05. The van der Waals surface area contributed by atoms with E-state index in [1.807, 2.05) is 29.3 Å². The molecule has 0 aliphatic carbocycles. The highest BCUT2D eigenvalue weighted by molar-refractivity contribution is 5.76. The fourth-order valence-electron chi connectivity index (χ4n) is 3.21. The number of aryl methyl sites for hydroxylation is 2. The summed E-state index contributed by atoms with van der Waals surface area (Å²) in [4.78, 5) is 23.4. The molecule has 0 radical (unpaired) electrons. The zero-order valence-corrected chi connectivity index (χ0v) is 14.8. The number of ether oxygens (including phenoxy) is 1. The number of carbonyl (C=O) groups is 1. The fourth-order valence-corrected chi connectivity index (χ4v) is 3.21. The molecule has 0 bridgehead atoms. The Morgan fingerprint density at radius 1 is 1.36 bits per heavy atom. The van der Waals surface area contributed by atoms with Gasteiger partial charge in [-0.1, -0.05) is 13.0 Å². The molecule has 3 rings (SSSR count). The molecule has 25 heavy (non-hydrogen) atoms. The van der Waals surface area contributed by atoms with Gasteiger partial charge in [-0.3, -0.25) is 9.78 Å². The van der Waals surface area contributed by atoms with E-state index in [1.165, 1.54) is 0 Å². The second kappa shape index (κ2) is 8.76. The smallest absolute Gasteiger partial charge is 0.224 e. The molecule has 1 aliphatic rings. The van der Waals surface area contributed by atoms with Gasteiger partial charge < -0.3 is 14.2 Å². The van der Waals surface area contributed by atoms with Crippen molar-refractivity contribution in [3.8, 4) is 0 Å². The van der Waals surface area contributed by atoms with Crippen molar-refractivity contribution < 1.29 is 9.53 Å². The van der Waals surface area contributed by atoms with Crippen LogP contribution in [0.15, 0.2) is 36.8 Å². The third-order valence-corrected chi connectivity index (χ3v) is 4.56. The Kier molecular flexibility index (Phi) is 6.17. The van der Waals surface area contributed by atoms with Gasteiger partial charge in [-0.05, 0) is 25.0 Å². The van der Waals surface area contributed by atoms with E-state index >= 15 is 0 Å². The summed E-state index contributed by atoms with van der Waals surface area (Å²) in [5, 5.41) is 0. The summed E-state index contributed by atoms with van der Waals surface area (Å²) >= 11 is 0. The molecule has 3 heterocycles. The molecule has 134 valence electrons. The molecule has 1 atom stereocenters. The summed E-state index contributed by atoms with van der Waals surface area (Å²) in [7, 11) is 0. The Morgan fingerprint density at radius 2 is 2.28 bits per heavy atom. The lowest BCUT2D eigenvalue weighted by Crippen LogP contribution is -2.37. The van der Waals surface area contributed by atoms with Crippen molar-refractivity contribution >= 4 is 5.91 Å². The lowest BCUT2D eigenvalue weighted by Gasteiger charge is -2.25. The van der Waals surface area contributed by atoms with Crippen molar-refractivity contribution in [2.24, 2.45) is 0 Å². The van der Waals surface area contributed by atoms with Gasteiger partial charge in [0.15, 0.2) is 0 Å². The minimum Gasteiger partial charge on any atom is -0.376 e. The van der Waals surface area contributed by atoms with E-state index in [-0.39, 0.29) is 12.0 Å². The Hall–Kier alpha value is -2.21. The first kappa shape index (κ1) is 17.6. The number of hydrogen-bond acceptors (Lipinski definition) is 4. The molecule has 6 nitrogen and oxygen atoms in total. The average molecular weight is 342 g/mol. The number of nitrogens with zero attached hydrogens (tertiary/aromatic N) is 4. The van der Waals surface area contributed by atoms with Gasteiger partial charge in [-0.2, -0.15) is 0 Å². The lowest BCUT2D eigenvalue weighted by atomic mass is 10.2. The number of rotatable bonds is 8. The summed E-state index contributed by atoms with van der Waals surface area (Å²) in [6.45, 7) is 4.70. The highest BCUT2D eigenvalue weighted by Gasteiger charge is 2.23. The van der Waals surface area contributed by atoms with E-state index in [0.717, 1.165) is 37.4 Å². The van der Waals surface area contributed by atoms with Crippen molar-refractivity contribution in [2.45, 2.75) is 51.8 Å². The Bertz CT molecular complexity index is 665. The van der Waals surface area contributed by atoms with E-state index in [0.29, 0.717) is 26.1 Å². The van der Waals surface area contributed by atoms with Crippen molar-refractivity contribution in [2.75, 3.05) is 13.2 Å². The van der Waals surface area contributed by atoms with Crippen LogP contribution in [0.4, 0.5) is 0 Å². The summed E-state index contributed by atoms with van der Waals surface area (Å²) in [6, 6.07) is 5.80. The summed E-state index contributed by atoms with van der Waals surface area (Å²) < 4.78 is 7.79. The van der Waals surface area contributed by atoms with Crippen LogP contribution in [0.5, 0.6) is 0 Å². The zero-order valence-electron chi connectivity index (χ0n) is 14.8. The van der Waals surface area contributed by atoms with Crippen molar-refractivity contribution in [3.05, 3.63) is 48.3 Å². The molecular formula is C19H26N4O2. The summed E-state index contributed by atoms with van der Waals surface area (Å²) in [6.07, 6.45) is 9.07. The molecule has 1 aliphatic heterocycles. The van der Waals surface area contributed by atoms with Gasteiger partial charge in [0.2, 0.25) is 5.91 Å². The number of pyridine rings is 1. The van der Waals surface area contributed by atoms with Crippen molar-refractivity contribution in [1.82, 2.24) is 19.4 Å². The molecule has 1 saturated heterocycles. The van der Waals surface area contributed by atoms with Gasteiger partial charge in [0.05, 0.1) is 18.3 Å². The molecule has 0 aromatic carbocycles. The number of imidazole rings is 1. The SMILES string of the molecule is CCc1nccn1CCC(=O)N(Cc1ccccn1)C[C@H]1CCCO1. The number of aromatic nitrogens is 3. The molecule has 1 fully saturated rings. The van der Waals surface area contributed by atoms with E-state index in [1.54, 1.807) is 12.4 Å². The molecule has 0 spiro atoms. The fraction of sp³-hybridized carbons (Fsp3) is 0.526. The van der Waals surface area contributed by atoms with Gasteiger partial charge >= 0.3 is 0 Å². The second-order valence-corrected chi connectivity index (χ2v) is 6.37. The van der Waals surface area contributed by atoms with Crippen LogP contribution in [0, 0.1) is 0 Å². The van der Waals surface area contributed by atoms with Gasteiger partial charge in [0.25, 0.3) is 0 Å². The molecule has 2 aromatic heterocycles. The molecule has 2 aromatic rings. The first-order valence-corrected chi connectivity index (χ1v) is 9.05. The maximum atomic E-state index is 12.8. The molecular weight excluding hydrogens is 316 g/mol. The van der Waals surface area contributed by atoms with Crippen molar-refractivity contribution in [3.63, 3.8) is 0 Å². The predicted octanol–water partition coefficient (Wildman–Crippen LogP) is 2.44. The van der Waals surface area contributed by atoms with Crippen LogP contribution in [0.1, 0.15) is 37.7 Å². The van der Waals surface area contributed by atoms with Crippen LogP contribution in [-0.2, 0) is 29.0 Å². The largest absolute Gasteiger partial charge is 0.376 e. The topological polar surface area (TPSA) is 60.2 Å². The minimum atomic E-state index is 0.136. The predicted molar refractivity (Wildman–Crippen MR) is 94.9 cm³/mol. The lowest BCUT2D eigenvalue weighted by molar-refractivity contribution is -0.133. The number of amides is 1. The molecule has 0 unspecified atom stereocenters. The maximum absolute atomic E-state index is 12.8. The molecule has 1 amide bonds. The monoisotopic (exact) mass is 342 g/mol. The Labute approximate surface area is 148 Å². The standard InChI is InChI=1S/C19H26N4O2/c1-2-18-21-10-12-22(18)11-8-19(24)23(15-17-7-5-13-25-17)14-16-6-3-4-9-20-16/h3-4,6,9-10,12,17H,2,5,7-8,11,13-15H2,1H3/t17-/m1/s1. The highest BCUT2D eigenvalue weighted by Crippen LogP contribution is 2.16. The first-order chi connectivity index (χ1) is 12.3. The average Bonchev–Trinajstić information content (AvgIpc) is 3.31. The molecule has 0 saturated carbocycles. The van der Waals surface area contributed by atoms with Crippen LogP contribution < -0.4 is 0 Å². The van der Waals surface area contributed by atoms with E-state index in [2.05, 4.69) is 21.5 Å². The highest BCUT2D eigenvalue weighted by atomic mass is 16.5. The van der Waals surface area contributed by atoms with Gasteiger partial charge in [-0.25, -0.2) is 4.98 Å². The van der Waals surface area contributed by atoms with Crippen LogP contribution in [0.3, 0.4) is 0 Å². The maximum Gasteiger partial charge on any atom is 0.224 e. The van der Waals surface area contributed by atoms with E-state index in [9.17, 15) is 4.79 Å². The quantitative estimate of drug-likeness (QED) is 0.739. The van der Waals surface area contributed by atoms with E-state index in [4.69, 9.17) is 4.74 Å². The van der Waals surface area contributed by atoms with Crippen LogP contribution >= 0.6 is 0 Å². The third kappa shape index (κ3) is 4.89. The summed E-state index contributed by atoms with van der Waals surface area (Å²) in [5.41, 5.74) is 0.908. The minimum absolute atomic E-state index is 0.136. The molecule has 0 N–H and O–H groups in total. The zero-order chi connectivity index (χ0) is 17.5. The van der Waals surface area contributed by atoms with Gasteiger partial charge in [0, 0.05) is 51.1 Å². The Morgan fingerprint density at radius 3 is 3.00 bits per heavy atom. The summed E-state index contributed by atoms with van der Waals surface area (Å²) in [5.74, 6) is 1.15.